The number of nitrogens with one attached hydrogen (secondary N) is 1. The number of aryl methyl sites for hydroxylation is 1. The molecule has 0 saturated carbocycles. The van der Waals surface area contributed by atoms with Gasteiger partial charge >= 0.3 is 0 Å². The van der Waals surface area contributed by atoms with Crippen LogP contribution in [0.25, 0.3) is 0 Å². The number of hydrogen-bond acceptors (Lipinski definition) is 2. The molecule has 4 heteroatoms. The molecule has 120 valence electrons. The zero-order chi connectivity index (χ0) is 16.1. The van der Waals surface area contributed by atoms with Crippen molar-refractivity contribution in [2.24, 2.45) is 0 Å². The molecule has 1 aliphatic rings. The van der Waals surface area contributed by atoms with Crippen molar-refractivity contribution in [3.63, 3.8) is 0 Å². The Morgan fingerprint density at radius 2 is 2.17 bits per heavy atom. The number of hydrogen-bond donors (Lipinski definition) is 1. The molecule has 1 aliphatic heterocycles. The Bertz CT molecular complexity index is 675. The van der Waals surface area contributed by atoms with Gasteiger partial charge in [-0.15, -0.1) is 6.58 Å². The first-order valence-corrected chi connectivity index (χ1v) is 8.26. The molecule has 1 atom stereocenters. The number of rotatable bonds is 6. The lowest BCUT2D eigenvalue weighted by Crippen LogP contribution is -2.29. The molecule has 4 nitrogen and oxygen atoms in total. The van der Waals surface area contributed by atoms with Crippen LogP contribution in [0.15, 0.2) is 49.2 Å². The molecule has 1 unspecified atom stereocenters. The maximum absolute atomic E-state index is 12.6. The largest absolute Gasteiger partial charge is 0.351 e. The lowest BCUT2D eigenvalue weighted by molar-refractivity contribution is -0.122. The zero-order valence-electron chi connectivity index (χ0n) is 13.4. The summed E-state index contributed by atoms with van der Waals surface area (Å²) in [6, 6.07) is 9.89. The molecule has 1 N–H and O–H groups in total. The Labute approximate surface area is 137 Å². The van der Waals surface area contributed by atoms with Crippen molar-refractivity contribution in [1.82, 2.24) is 15.1 Å². The minimum absolute atomic E-state index is 0.0480. The molecule has 3 rings (SSSR count). The van der Waals surface area contributed by atoms with Crippen LogP contribution >= 0.6 is 0 Å². The Kier molecular flexibility index (Phi) is 4.91. The first-order valence-electron chi connectivity index (χ1n) is 8.26. The summed E-state index contributed by atoms with van der Waals surface area (Å²) in [6.07, 6.45) is 7.79. The topological polar surface area (TPSA) is 46.9 Å². The molecule has 1 amide bonds. The quantitative estimate of drug-likeness (QED) is 0.833. The van der Waals surface area contributed by atoms with Crippen molar-refractivity contribution >= 4 is 5.91 Å². The summed E-state index contributed by atoms with van der Waals surface area (Å²) in [5, 5.41) is 7.50. The monoisotopic (exact) mass is 309 g/mol. The molecule has 0 radical (unpaired) electrons. The van der Waals surface area contributed by atoms with E-state index in [1.165, 1.54) is 18.5 Å². The fourth-order valence-corrected chi connectivity index (χ4v) is 3.19. The molecule has 0 fully saturated rings. The summed E-state index contributed by atoms with van der Waals surface area (Å²) in [7, 11) is 0. The highest BCUT2D eigenvalue weighted by Crippen LogP contribution is 2.21. The third-order valence-corrected chi connectivity index (χ3v) is 4.44. The van der Waals surface area contributed by atoms with Gasteiger partial charge in [-0.05, 0) is 31.2 Å². The van der Waals surface area contributed by atoms with Gasteiger partial charge in [-0.25, -0.2) is 0 Å². The Morgan fingerprint density at radius 1 is 1.35 bits per heavy atom. The molecule has 0 saturated heterocycles. The highest BCUT2D eigenvalue weighted by atomic mass is 16.1. The number of carbonyl (C=O) groups excluding carboxylic acids is 1. The van der Waals surface area contributed by atoms with Crippen LogP contribution in [0.2, 0.25) is 0 Å². The van der Waals surface area contributed by atoms with E-state index in [4.69, 9.17) is 0 Å². The number of fused-ring (bicyclic) bond motifs is 1. The third-order valence-electron chi connectivity index (χ3n) is 4.44. The maximum atomic E-state index is 12.6. The highest BCUT2D eigenvalue weighted by molar-refractivity contribution is 5.83. The van der Waals surface area contributed by atoms with Crippen LogP contribution in [-0.4, -0.2) is 15.7 Å². The molecule has 2 aromatic rings. The van der Waals surface area contributed by atoms with E-state index in [0.29, 0.717) is 13.0 Å². The average Bonchev–Trinajstić information content (AvgIpc) is 3.01. The van der Waals surface area contributed by atoms with Crippen molar-refractivity contribution in [3.05, 3.63) is 66.0 Å². The van der Waals surface area contributed by atoms with E-state index in [-0.39, 0.29) is 11.8 Å². The van der Waals surface area contributed by atoms with Gasteiger partial charge in [-0.3, -0.25) is 9.48 Å². The standard InChI is InChI=1S/C19H23N3O/c1-2-8-17(15-9-4-3-5-10-15)19(23)20-13-16-14-21-22-12-7-6-11-18(16)22/h2-5,9-10,14,17H,1,6-8,11-13H2,(H,20,23). The number of allylic oxidation sites excluding steroid dienone is 1. The van der Waals surface area contributed by atoms with Gasteiger partial charge in [0.05, 0.1) is 12.1 Å². The van der Waals surface area contributed by atoms with Crippen molar-refractivity contribution in [1.29, 1.82) is 0 Å². The van der Waals surface area contributed by atoms with Crippen molar-refractivity contribution in [3.8, 4) is 0 Å². The number of nitrogens with zero attached hydrogens (tertiary/aromatic N) is 2. The number of aromatic nitrogens is 2. The van der Waals surface area contributed by atoms with E-state index in [2.05, 4.69) is 21.7 Å². The van der Waals surface area contributed by atoms with Gasteiger partial charge < -0.3 is 5.32 Å². The van der Waals surface area contributed by atoms with Crippen LogP contribution in [-0.2, 0) is 24.3 Å². The number of amides is 1. The van der Waals surface area contributed by atoms with E-state index in [9.17, 15) is 4.79 Å². The molecule has 1 aromatic heterocycles. The van der Waals surface area contributed by atoms with Crippen molar-refractivity contribution in [2.45, 2.75) is 44.7 Å². The SMILES string of the molecule is C=CCC(C(=O)NCc1cnn2c1CCCC2)c1ccccc1. The second kappa shape index (κ2) is 7.27. The first-order chi connectivity index (χ1) is 11.3. The summed E-state index contributed by atoms with van der Waals surface area (Å²) in [6.45, 7) is 5.33. The van der Waals surface area contributed by atoms with Crippen LogP contribution in [0, 0.1) is 0 Å². The summed E-state index contributed by atoms with van der Waals surface area (Å²) in [5.74, 6) is -0.132. The van der Waals surface area contributed by atoms with Crippen molar-refractivity contribution < 1.29 is 4.79 Å². The summed E-state index contributed by atoms with van der Waals surface area (Å²) in [4.78, 5) is 12.6. The van der Waals surface area contributed by atoms with Gasteiger partial charge in [0.25, 0.3) is 0 Å². The van der Waals surface area contributed by atoms with Crippen LogP contribution in [0.5, 0.6) is 0 Å². The van der Waals surface area contributed by atoms with Crippen LogP contribution in [0.3, 0.4) is 0 Å². The Hall–Kier alpha value is -2.36. The van der Waals surface area contributed by atoms with E-state index in [0.717, 1.165) is 24.1 Å². The molecule has 0 bridgehead atoms. The summed E-state index contributed by atoms with van der Waals surface area (Å²) >= 11 is 0. The Morgan fingerprint density at radius 3 is 2.96 bits per heavy atom. The second-order valence-electron chi connectivity index (χ2n) is 6.00. The fraction of sp³-hybridized carbons (Fsp3) is 0.368. The van der Waals surface area contributed by atoms with Crippen molar-refractivity contribution in [2.75, 3.05) is 0 Å². The van der Waals surface area contributed by atoms with Gasteiger partial charge in [0, 0.05) is 24.3 Å². The molecular weight excluding hydrogens is 286 g/mol. The summed E-state index contributed by atoms with van der Waals surface area (Å²) < 4.78 is 2.07. The van der Waals surface area contributed by atoms with Crippen LogP contribution < -0.4 is 5.32 Å². The first kappa shape index (κ1) is 15.5. The van der Waals surface area contributed by atoms with E-state index in [1.54, 1.807) is 6.08 Å². The number of benzene rings is 1. The molecule has 1 aromatic carbocycles. The smallest absolute Gasteiger partial charge is 0.228 e. The lowest BCUT2D eigenvalue weighted by Gasteiger charge is -2.17. The highest BCUT2D eigenvalue weighted by Gasteiger charge is 2.20. The zero-order valence-corrected chi connectivity index (χ0v) is 13.4. The van der Waals surface area contributed by atoms with Crippen LogP contribution in [0.1, 0.15) is 42.0 Å². The lowest BCUT2D eigenvalue weighted by atomic mass is 9.95. The Balaban J connectivity index is 1.68. The molecule has 0 spiro atoms. The predicted molar refractivity (Wildman–Crippen MR) is 91.0 cm³/mol. The fourth-order valence-electron chi connectivity index (χ4n) is 3.19. The van der Waals surface area contributed by atoms with E-state index >= 15 is 0 Å². The van der Waals surface area contributed by atoms with Gasteiger partial charge in [-0.2, -0.15) is 5.10 Å². The van der Waals surface area contributed by atoms with E-state index in [1.807, 2.05) is 36.5 Å². The average molecular weight is 309 g/mol. The van der Waals surface area contributed by atoms with Gasteiger partial charge in [-0.1, -0.05) is 36.4 Å². The van der Waals surface area contributed by atoms with Crippen LogP contribution in [0.4, 0.5) is 0 Å². The molecule has 23 heavy (non-hydrogen) atoms. The van der Waals surface area contributed by atoms with Gasteiger partial charge in [0.1, 0.15) is 0 Å². The summed E-state index contributed by atoms with van der Waals surface area (Å²) in [5.41, 5.74) is 3.45. The maximum Gasteiger partial charge on any atom is 0.228 e. The normalized spacial score (nSPS) is 14.8. The minimum Gasteiger partial charge on any atom is -0.351 e. The van der Waals surface area contributed by atoms with E-state index < -0.39 is 0 Å². The molecular formula is C19H23N3O. The number of carbonyl (C=O) groups is 1. The predicted octanol–water partition coefficient (Wildman–Crippen LogP) is 3.20. The molecule has 0 aliphatic carbocycles. The van der Waals surface area contributed by atoms with Gasteiger partial charge in [0.15, 0.2) is 0 Å². The minimum atomic E-state index is -0.180. The second-order valence-corrected chi connectivity index (χ2v) is 6.00. The molecule has 2 heterocycles. The third kappa shape index (κ3) is 3.52. The van der Waals surface area contributed by atoms with Gasteiger partial charge in [0.2, 0.25) is 5.91 Å².